The lowest BCUT2D eigenvalue weighted by Crippen LogP contribution is -2.69. The van der Waals surface area contributed by atoms with E-state index < -0.39 is 8.32 Å². The first-order chi connectivity index (χ1) is 19.3. The van der Waals surface area contributed by atoms with Crippen LogP contribution in [0.15, 0.2) is 84.2 Å². The Morgan fingerprint density at radius 3 is 1.93 bits per heavy atom. The summed E-state index contributed by atoms with van der Waals surface area (Å²) in [6.45, 7) is 11.5. The van der Waals surface area contributed by atoms with Gasteiger partial charge in [-0.25, -0.2) is 0 Å². The molecule has 210 valence electrons. The predicted molar refractivity (Wildman–Crippen MR) is 180 cm³/mol. The number of rotatable bonds is 12. The Balaban J connectivity index is 2.05. The van der Waals surface area contributed by atoms with Gasteiger partial charge in [0.2, 0.25) is 0 Å². The van der Waals surface area contributed by atoms with Crippen LogP contribution in [0.5, 0.6) is 5.75 Å². The van der Waals surface area contributed by atoms with Gasteiger partial charge in [0.25, 0.3) is 0 Å². The summed E-state index contributed by atoms with van der Waals surface area (Å²) in [4.78, 5) is 1.24. The zero-order valence-corrected chi connectivity index (χ0v) is 26.7. The Labute approximate surface area is 247 Å². The van der Waals surface area contributed by atoms with E-state index in [2.05, 4.69) is 131 Å². The van der Waals surface area contributed by atoms with Crippen molar-refractivity contribution in [3.63, 3.8) is 0 Å². The zero-order chi connectivity index (χ0) is 28.6. The summed E-state index contributed by atoms with van der Waals surface area (Å²) < 4.78 is 7.78. The summed E-state index contributed by atoms with van der Waals surface area (Å²) in [6, 6.07) is 28.4. The van der Waals surface area contributed by atoms with Crippen LogP contribution >= 0.6 is 11.3 Å². The molecule has 4 heteroatoms. The van der Waals surface area contributed by atoms with E-state index in [0.717, 1.165) is 55.5 Å². The standard InChI is InChI=1S/C36H45NOSSi/c1-6-8-17-28-27-34(37)33(23-9-7-2)35(32(28)25-24-29-18-16-26-39-29)38-40(36(3,4)5,30-19-12-10-13-20-30)31-21-14-11-15-22-31/h10-16,18-22,24-27H,6-9,17,23,37H2,1-5H3. The highest BCUT2D eigenvalue weighted by Crippen LogP contribution is 2.43. The van der Waals surface area contributed by atoms with Gasteiger partial charge in [-0.05, 0) is 76.3 Å². The van der Waals surface area contributed by atoms with E-state index >= 15 is 0 Å². The number of nitrogen functional groups attached to an aromatic ring is 1. The molecule has 40 heavy (non-hydrogen) atoms. The SMILES string of the molecule is CCCCc1cc(N)c(CCCC)c(O[Si](c2ccccc2)(c2ccccc2)C(C)(C)C)c1C=Cc1cccs1. The smallest absolute Gasteiger partial charge is 0.319 e. The van der Waals surface area contributed by atoms with Crippen molar-refractivity contribution in [3.8, 4) is 5.75 Å². The Hall–Kier alpha value is -3.08. The number of benzene rings is 3. The molecule has 3 aromatic carbocycles. The minimum Gasteiger partial charge on any atom is -0.533 e. The third-order valence-corrected chi connectivity index (χ3v) is 13.5. The van der Waals surface area contributed by atoms with E-state index in [4.69, 9.17) is 10.2 Å². The van der Waals surface area contributed by atoms with Crippen LogP contribution in [0.25, 0.3) is 12.2 Å². The fraction of sp³-hybridized carbons (Fsp3) is 0.333. The van der Waals surface area contributed by atoms with Gasteiger partial charge < -0.3 is 10.2 Å². The first-order valence-corrected chi connectivity index (χ1v) is 17.6. The van der Waals surface area contributed by atoms with Crippen molar-refractivity contribution in [2.75, 3.05) is 5.73 Å². The minimum absolute atomic E-state index is 0.138. The highest BCUT2D eigenvalue weighted by molar-refractivity contribution is 7.10. The molecule has 0 bridgehead atoms. The third kappa shape index (κ3) is 6.45. The van der Waals surface area contributed by atoms with Crippen molar-refractivity contribution >= 4 is 47.9 Å². The summed E-state index contributed by atoms with van der Waals surface area (Å²) in [7, 11) is -2.85. The van der Waals surface area contributed by atoms with E-state index in [1.54, 1.807) is 11.3 Å². The van der Waals surface area contributed by atoms with E-state index in [9.17, 15) is 0 Å². The van der Waals surface area contributed by atoms with Crippen LogP contribution in [0.3, 0.4) is 0 Å². The molecule has 0 saturated carbocycles. The van der Waals surface area contributed by atoms with Gasteiger partial charge in [-0.1, -0.05) is 114 Å². The molecule has 2 nitrogen and oxygen atoms in total. The molecule has 0 spiro atoms. The maximum absolute atomic E-state index is 7.78. The molecule has 0 radical (unpaired) electrons. The molecule has 0 saturated heterocycles. The maximum Gasteiger partial charge on any atom is 0.319 e. The highest BCUT2D eigenvalue weighted by Gasteiger charge is 2.52. The molecule has 0 unspecified atom stereocenters. The van der Waals surface area contributed by atoms with E-state index in [-0.39, 0.29) is 5.04 Å². The molecule has 1 aromatic heterocycles. The highest BCUT2D eigenvalue weighted by atomic mass is 32.1. The molecule has 2 N–H and O–H groups in total. The summed E-state index contributed by atoms with van der Waals surface area (Å²) >= 11 is 1.76. The number of aryl methyl sites for hydroxylation is 1. The molecule has 0 atom stereocenters. The van der Waals surface area contributed by atoms with Gasteiger partial charge in [-0.2, -0.15) is 0 Å². The summed E-state index contributed by atoms with van der Waals surface area (Å²) in [5, 5.41) is 4.55. The predicted octanol–water partition coefficient (Wildman–Crippen LogP) is 9.12. The molecule has 1 heterocycles. The third-order valence-electron chi connectivity index (χ3n) is 7.75. The van der Waals surface area contributed by atoms with Crippen molar-refractivity contribution in [1.82, 2.24) is 0 Å². The van der Waals surface area contributed by atoms with Gasteiger partial charge in [-0.15, -0.1) is 11.3 Å². The molecule has 4 rings (SSSR count). The van der Waals surface area contributed by atoms with Crippen LogP contribution in [0, 0.1) is 0 Å². The van der Waals surface area contributed by atoms with Crippen molar-refractivity contribution in [1.29, 1.82) is 0 Å². The minimum atomic E-state index is -2.85. The Morgan fingerprint density at radius 2 is 1.40 bits per heavy atom. The van der Waals surface area contributed by atoms with Gasteiger partial charge in [-0.3, -0.25) is 0 Å². The van der Waals surface area contributed by atoms with Crippen molar-refractivity contribution < 1.29 is 4.43 Å². The van der Waals surface area contributed by atoms with Gasteiger partial charge >= 0.3 is 8.32 Å². The maximum atomic E-state index is 7.78. The van der Waals surface area contributed by atoms with Gasteiger partial charge in [0, 0.05) is 21.7 Å². The van der Waals surface area contributed by atoms with E-state index in [1.807, 2.05) is 0 Å². The fourth-order valence-electron chi connectivity index (χ4n) is 5.63. The molecule has 0 amide bonds. The quantitative estimate of drug-likeness (QED) is 0.137. The molecular formula is C36H45NOSSi. The lowest BCUT2D eigenvalue weighted by molar-refractivity contribution is 0.500. The second-order valence-electron chi connectivity index (χ2n) is 11.7. The van der Waals surface area contributed by atoms with Crippen LogP contribution in [0.4, 0.5) is 5.69 Å². The Morgan fingerprint density at radius 1 is 0.800 bits per heavy atom. The average Bonchev–Trinajstić information content (AvgIpc) is 3.48. The van der Waals surface area contributed by atoms with Crippen molar-refractivity contribution in [2.45, 2.75) is 78.2 Å². The fourth-order valence-corrected chi connectivity index (χ4v) is 10.7. The molecule has 0 aliphatic carbocycles. The van der Waals surface area contributed by atoms with Crippen molar-refractivity contribution in [2.24, 2.45) is 0 Å². The van der Waals surface area contributed by atoms with E-state index in [0.29, 0.717) is 0 Å². The number of unbranched alkanes of at least 4 members (excludes halogenated alkanes) is 2. The zero-order valence-electron chi connectivity index (χ0n) is 24.9. The normalized spacial score (nSPS) is 12.2. The number of hydrogen-bond acceptors (Lipinski definition) is 3. The topological polar surface area (TPSA) is 35.2 Å². The monoisotopic (exact) mass is 567 g/mol. The van der Waals surface area contributed by atoms with Gasteiger partial charge in [0.1, 0.15) is 5.75 Å². The molecular weight excluding hydrogens is 523 g/mol. The van der Waals surface area contributed by atoms with Gasteiger partial charge in [0.05, 0.1) is 0 Å². The van der Waals surface area contributed by atoms with Crippen molar-refractivity contribution in [3.05, 3.63) is 106 Å². The Bertz CT molecular complexity index is 1330. The number of thiophene rings is 1. The second kappa shape index (κ2) is 13.5. The van der Waals surface area contributed by atoms with Crippen LogP contribution in [0.2, 0.25) is 5.04 Å². The van der Waals surface area contributed by atoms with Crippen LogP contribution in [-0.2, 0) is 12.8 Å². The lowest BCUT2D eigenvalue weighted by atomic mass is 9.94. The molecule has 0 aliphatic rings. The van der Waals surface area contributed by atoms with Crippen LogP contribution in [-0.4, -0.2) is 8.32 Å². The summed E-state index contributed by atoms with van der Waals surface area (Å²) in [5.41, 5.74) is 11.4. The lowest BCUT2D eigenvalue weighted by Gasteiger charge is -2.44. The number of anilines is 1. The molecule has 0 fully saturated rings. The van der Waals surface area contributed by atoms with Gasteiger partial charge in [0.15, 0.2) is 0 Å². The first-order valence-electron chi connectivity index (χ1n) is 14.8. The van der Waals surface area contributed by atoms with E-state index in [1.165, 1.54) is 26.4 Å². The molecule has 4 aromatic rings. The number of nitrogens with two attached hydrogens (primary N) is 1. The first kappa shape index (κ1) is 29.9. The second-order valence-corrected chi connectivity index (χ2v) is 16.9. The summed E-state index contributed by atoms with van der Waals surface area (Å²) in [5.74, 6) is 0.988. The molecule has 0 aliphatic heterocycles. The Kier molecular flexibility index (Phi) is 10.1. The summed E-state index contributed by atoms with van der Waals surface area (Å²) in [6.07, 6.45) is 10.9. The average molecular weight is 568 g/mol. The van der Waals surface area contributed by atoms with Crippen LogP contribution in [0.1, 0.15) is 81.9 Å². The largest absolute Gasteiger partial charge is 0.533 e. The van der Waals surface area contributed by atoms with Crippen LogP contribution < -0.4 is 20.5 Å². The number of hydrogen-bond donors (Lipinski definition) is 1.